The Kier molecular flexibility index (Phi) is 4.74. The van der Waals surface area contributed by atoms with Crippen molar-refractivity contribution in [2.24, 2.45) is 0 Å². The van der Waals surface area contributed by atoms with E-state index in [0.29, 0.717) is 13.0 Å². The molecule has 2 nitrogen and oxygen atoms in total. The van der Waals surface area contributed by atoms with E-state index in [9.17, 15) is 4.79 Å². The number of rotatable bonds is 4. The van der Waals surface area contributed by atoms with Crippen LogP contribution in [0.3, 0.4) is 0 Å². The highest BCUT2D eigenvalue weighted by Gasteiger charge is 2.03. The van der Waals surface area contributed by atoms with Gasteiger partial charge in [-0.1, -0.05) is 57.9 Å². The summed E-state index contributed by atoms with van der Waals surface area (Å²) < 4.78 is 1.03. The van der Waals surface area contributed by atoms with Gasteiger partial charge in [0.15, 0.2) is 0 Å². The van der Waals surface area contributed by atoms with E-state index in [0.717, 1.165) is 15.6 Å². The third-order valence-electron chi connectivity index (χ3n) is 2.86. The predicted octanol–water partition coefficient (Wildman–Crippen LogP) is 3.62. The fraction of sp³-hybridized carbons (Fsp3) is 0.188. The number of hydrogen-bond acceptors (Lipinski definition) is 1. The Morgan fingerprint density at radius 3 is 2.53 bits per heavy atom. The van der Waals surface area contributed by atoms with Gasteiger partial charge in [-0.25, -0.2) is 0 Å². The summed E-state index contributed by atoms with van der Waals surface area (Å²) in [5, 5.41) is 2.93. The molecule has 1 amide bonds. The van der Waals surface area contributed by atoms with E-state index < -0.39 is 0 Å². The fourth-order valence-corrected chi connectivity index (χ4v) is 2.25. The molecule has 0 saturated carbocycles. The van der Waals surface area contributed by atoms with Crippen LogP contribution in [0.2, 0.25) is 0 Å². The zero-order chi connectivity index (χ0) is 13.7. The number of hydrogen-bond donors (Lipinski definition) is 1. The van der Waals surface area contributed by atoms with Gasteiger partial charge in [0.05, 0.1) is 6.42 Å². The average molecular weight is 318 g/mol. The molecular weight excluding hydrogens is 302 g/mol. The Morgan fingerprint density at radius 2 is 1.84 bits per heavy atom. The Morgan fingerprint density at radius 1 is 1.11 bits per heavy atom. The summed E-state index contributed by atoms with van der Waals surface area (Å²) in [6.45, 7) is 2.60. The van der Waals surface area contributed by atoms with Crippen LogP contribution in [-0.2, 0) is 17.8 Å². The number of amides is 1. The molecule has 0 heterocycles. The van der Waals surface area contributed by atoms with E-state index >= 15 is 0 Å². The van der Waals surface area contributed by atoms with Crippen molar-refractivity contribution in [2.45, 2.75) is 19.9 Å². The van der Waals surface area contributed by atoms with Crippen molar-refractivity contribution < 1.29 is 4.79 Å². The van der Waals surface area contributed by atoms with Crippen LogP contribution in [0.1, 0.15) is 16.7 Å². The quantitative estimate of drug-likeness (QED) is 0.917. The van der Waals surface area contributed by atoms with Crippen molar-refractivity contribution in [3.05, 3.63) is 69.7 Å². The number of carbonyl (C=O) groups is 1. The van der Waals surface area contributed by atoms with Crippen LogP contribution in [0.4, 0.5) is 0 Å². The Hall–Kier alpha value is -1.61. The maximum atomic E-state index is 11.8. The lowest BCUT2D eigenvalue weighted by atomic mass is 10.1. The molecule has 0 unspecified atom stereocenters. The smallest absolute Gasteiger partial charge is 0.224 e. The average Bonchev–Trinajstić information content (AvgIpc) is 2.39. The van der Waals surface area contributed by atoms with E-state index in [1.165, 1.54) is 5.56 Å². The second-order valence-corrected chi connectivity index (χ2v) is 5.48. The molecule has 0 saturated heterocycles. The van der Waals surface area contributed by atoms with Gasteiger partial charge < -0.3 is 5.32 Å². The summed E-state index contributed by atoms with van der Waals surface area (Å²) in [6, 6.07) is 16.0. The monoisotopic (exact) mass is 317 g/mol. The molecular formula is C16H16BrNO. The van der Waals surface area contributed by atoms with E-state index in [1.807, 2.05) is 55.5 Å². The van der Waals surface area contributed by atoms with Crippen molar-refractivity contribution in [1.29, 1.82) is 0 Å². The van der Waals surface area contributed by atoms with Gasteiger partial charge in [-0.05, 0) is 30.2 Å². The summed E-state index contributed by atoms with van der Waals surface area (Å²) in [4.78, 5) is 11.8. The fourth-order valence-electron chi connectivity index (χ4n) is 1.80. The molecule has 0 atom stereocenters. The number of halogens is 1. The zero-order valence-electron chi connectivity index (χ0n) is 10.8. The molecule has 0 aromatic heterocycles. The van der Waals surface area contributed by atoms with E-state index in [2.05, 4.69) is 21.2 Å². The molecule has 1 N–H and O–H groups in total. The highest BCUT2D eigenvalue weighted by atomic mass is 79.9. The Balaban J connectivity index is 1.86. The van der Waals surface area contributed by atoms with Gasteiger partial charge in [-0.15, -0.1) is 0 Å². The van der Waals surface area contributed by atoms with Crippen LogP contribution in [0.25, 0.3) is 0 Å². The Bertz CT molecular complexity index is 563. The molecule has 98 valence electrons. The first-order chi connectivity index (χ1) is 9.13. The van der Waals surface area contributed by atoms with Gasteiger partial charge in [0.25, 0.3) is 0 Å². The minimum absolute atomic E-state index is 0.0452. The molecule has 2 rings (SSSR count). The number of aryl methyl sites for hydroxylation is 1. The summed E-state index contributed by atoms with van der Waals surface area (Å²) in [6.07, 6.45) is 0.425. The molecule has 0 aliphatic heterocycles. The lowest BCUT2D eigenvalue weighted by Gasteiger charge is -2.06. The van der Waals surface area contributed by atoms with Crippen molar-refractivity contribution >= 4 is 21.8 Å². The van der Waals surface area contributed by atoms with Crippen molar-refractivity contribution in [1.82, 2.24) is 5.32 Å². The first kappa shape index (κ1) is 13.8. The van der Waals surface area contributed by atoms with Crippen molar-refractivity contribution in [3.8, 4) is 0 Å². The predicted molar refractivity (Wildman–Crippen MR) is 80.9 cm³/mol. The summed E-state index contributed by atoms with van der Waals surface area (Å²) >= 11 is 3.42. The summed E-state index contributed by atoms with van der Waals surface area (Å²) in [5.41, 5.74) is 3.34. The van der Waals surface area contributed by atoms with Crippen LogP contribution in [0.15, 0.2) is 53.0 Å². The van der Waals surface area contributed by atoms with Crippen LogP contribution in [0.5, 0.6) is 0 Å². The van der Waals surface area contributed by atoms with E-state index in [1.54, 1.807) is 0 Å². The van der Waals surface area contributed by atoms with Crippen molar-refractivity contribution in [3.63, 3.8) is 0 Å². The van der Waals surface area contributed by atoms with Gasteiger partial charge in [-0.3, -0.25) is 4.79 Å². The largest absolute Gasteiger partial charge is 0.352 e. The molecule has 0 radical (unpaired) electrons. The molecule has 3 heteroatoms. The normalized spacial score (nSPS) is 10.2. The van der Waals surface area contributed by atoms with Gasteiger partial charge in [-0.2, -0.15) is 0 Å². The topological polar surface area (TPSA) is 29.1 Å². The van der Waals surface area contributed by atoms with Crippen molar-refractivity contribution in [2.75, 3.05) is 0 Å². The molecule has 0 aliphatic carbocycles. The lowest BCUT2D eigenvalue weighted by molar-refractivity contribution is -0.120. The van der Waals surface area contributed by atoms with Gasteiger partial charge in [0.2, 0.25) is 5.91 Å². The maximum Gasteiger partial charge on any atom is 0.224 e. The molecule has 0 spiro atoms. The van der Waals surface area contributed by atoms with Crippen LogP contribution >= 0.6 is 15.9 Å². The second-order valence-electron chi connectivity index (χ2n) is 4.57. The number of benzene rings is 2. The molecule has 19 heavy (non-hydrogen) atoms. The number of nitrogens with one attached hydrogen (secondary N) is 1. The summed E-state index contributed by atoms with van der Waals surface area (Å²) in [5.74, 6) is 0.0452. The second kappa shape index (κ2) is 6.53. The number of carbonyl (C=O) groups excluding carboxylic acids is 1. The van der Waals surface area contributed by atoms with Gasteiger partial charge in [0, 0.05) is 11.0 Å². The van der Waals surface area contributed by atoms with Crippen LogP contribution in [0, 0.1) is 6.92 Å². The first-order valence-corrected chi connectivity index (χ1v) is 6.99. The lowest BCUT2D eigenvalue weighted by Crippen LogP contribution is -2.24. The SMILES string of the molecule is Cc1ccc(CC(=O)NCc2cccc(Br)c2)cc1. The van der Waals surface area contributed by atoms with Crippen LogP contribution in [-0.4, -0.2) is 5.91 Å². The van der Waals surface area contributed by atoms with E-state index in [4.69, 9.17) is 0 Å². The standard InChI is InChI=1S/C16H16BrNO/c1-12-5-7-13(8-6-12)10-16(19)18-11-14-3-2-4-15(17)9-14/h2-9H,10-11H2,1H3,(H,18,19). The highest BCUT2D eigenvalue weighted by Crippen LogP contribution is 2.11. The molecule has 2 aromatic rings. The Labute approximate surface area is 122 Å². The van der Waals surface area contributed by atoms with Crippen LogP contribution < -0.4 is 5.32 Å². The first-order valence-electron chi connectivity index (χ1n) is 6.20. The zero-order valence-corrected chi connectivity index (χ0v) is 12.4. The minimum Gasteiger partial charge on any atom is -0.352 e. The van der Waals surface area contributed by atoms with E-state index in [-0.39, 0.29) is 5.91 Å². The van der Waals surface area contributed by atoms with Gasteiger partial charge in [0.1, 0.15) is 0 Å². The molecule has 0 aliphatic rings. The molecule has 2 aromatic carbocycles. The van der Waals surface area contributed by atoms with Gasteiger partial charge >= 0.3 is 0 Å². The molecule has 0 fully saturated rings. The highest BCUT2D eigenvalue weighted by molar-refractivity contribution is 9.10. The summed E-state index contributed by atoms with van der Waals surface area (Å²) in [7, 11) is 0. The minimum atomic E-state index is 0.0452. The third-order valence-corrected chi connectivity index (χ3v) is 3.36. The molecule has 0 bridgehead atoms. The maximum absolute atomic E-state index is 11.8. The third kappa shape index (κ3) is 4.52.